The fourth-order valence-corrected chi connectivity index (χ4v) is 2.12. The summed E-state index contributed by atoms with van der Waals surface area (Å²) in [6, 6.07) is 6.78. The number of hydrogen-bond acceptors (Lipinski definition) is 5. The standard InChI is InChI=1S/C14H19N3O4/c1-16-12-7-20-6-11(12)14(19)17-9-2-4-10(5-3-9)21-8-13(15)18/h2-5,11-12,16H,6-8H2,1H3,(H2,15,18)(H,17,19). The van der Waals surface area contributed by atoms with Crippen LogP contribution in [0.15, 0.2) is 24.3 Å². The van der Waals surface area contributed by atoms with Gasteiger partial charge in [0.2, 0.25) is 5.91 Å². The maximum atomic E-state index is 12.2. The van der Waals surface area contributed by atoms with Gasteiger partial charge in [-0.2, -0.15) is 0 Å². The van der Waals surface area contributed by atoms with Gasteiger partial charge in [0.05, 0.1) is 19.1 Å². The first-order valence-electron chi connectivity index (χ1n) is 6.67. The predicted molar refractivity (Wildman–Crippen MR) is 76.9 cm³/mol. The lowest BCUT2D eigenvalue weighted by Gasteiger charge is -2.16. The van der Waals surface area contributed by atoms with E-state index in [0.717, 1.165) is 0 Å². The number of amides is 2. The zero-order valence-electron chi connectivity index (χ0n) is 11.8. The molecule has 21 heavy (non-hydrogen) atoms. The van der Waals surface area contributed by atoms with E-state index in [0.29, 0.717) is 24.7 Å². The first-order chi connectivity index (χ1) is 10.1. The van der Waals surface area contributed by atoms with Crippen LogP contribution in [0.5, 0.6) is 5.75 Å². The molecule has 4 N–H and O–H groups in total. The summed E-state index contributed by atoms with van der Waals surface area (Å²) in [5.41, 5.74) is 5.65. The van der Waals surface area contributed by atoms with Gasteiger partial charge < -0.3 is 25.8 Å². The lowest BCUT2D eigenvalue weighted by atomic mass is 10.0. The summed E-state index contributed by atoms with van der Waals surface area (Å²) in [7, 11) is 1.81. The Balaban J connectivity index is 1.90. The number of nitrogens with two attached hydrogens (primary N) is 1. The minimum Gasteiger partial charge on any atom is -0.484 e. The van der Waals surface area contributed by atoms with Crippen molar-refractivity contribution >= 4 is 17.5 Å². The summed E-state index contributed by atoms with van der Waals surface area (Å²) in [4.78, 5) is 22.8. The third kappa shape index (κ3) is 4.17. The molecule has 0 spiro atoms. The van der Waals surface area contributed by atoms with Crippen LogP contribution >= 0.6 is 0 Å². The zero-order valence-corrected chi connectivity index (χ0v) is 11.8. The van der Waals surface area contributed by atoms with Gasteiger partial charge in [0.1, 0.15) is 5.75 Å². The fourth-order valence-electron chi connectivity index (χ4n) is 2.12. The Morgan fingerprint density at radius 1 is 1.33 bits per heavy atom. The SMILES string of the molecule is CNC1COCC1C(=O)Nc1ccc(OCC(N)=O)cc1. The summed E-state index contributed by atoms with van der Waals surface area (Å²) in [5, 5.41) is 5.90. The molecule has 7 nitrogen and oxygen atoms in total. The quantitative estimate of drug-likeness (QED) is 0.669. The Bertz CT molecular complexity index is 503. The summed E-state index contributed by atoms with van der Waals surface area (Å²) in [6.07, 6.45) is 0. The monoisotopic (exact) mass is 293 g/mol. The van der Waals surface area contributed by atoms with Crippen molar-refractivity contribution in [3.05, 3.63) is 24.3 Å². The van der Waals surface area contributed by atoms with Crippen LogP contribution in [0.2, 0.25) is 0 Å². The first-order valence-corrected chi connectivity index (χ1v) is 6.67. The first kappa shape index (κ1) is 15.3. The van der Waals surface area contributed by atoms with Crippen molar-refractivity contribution in [3.63, 3.8) is 0 Å². The lowest BCUT2D eigenvalue weighted by Crippen LogP contribution is -2.39. The average molecular weight is 293 g/mol. The number of benzene rings is 1. The molecule has 0 aromatic heterocycles. The summed E-state index contributed by atoms with van der Waals surface area (Å²) < 4.78 is 10.5. The fraction of sp³-hybridized carbons (Fsp3) is 0.429. The van der Waals surface area contributed by atoms with Gasteiger partial charge in [-0.05, 0) is 31.3 Å². The molecule has 1 aromatic carbocycles. The van der Waals surface area contributed by atoms with Gasteiger partial charge in [0.15, 0.2) is 6.61 Å². The number of carbonyl (C=O) groups excluding carboxylic acids is 2. The predicted octanol–water partition coefficient (Wildman–Crippen LogP) is -0.276. The molecule has 1 heterocycles. The zero-order chi connectivity index (χ0) is 15.2. The molecule has 7 heteroatoms. The van der Waals surface area contributed by atoms with Crippen molar-refractivity contribution in [1.82, 2.24) is 5.32 Å². The molecule has 1 aliphatic heterocycles. The molecule has 2 amide bonds. The minimum absolute atomic E-state index is 0.0307. The molecule has 1 aromatic rings. The van der Waals surface area contributed by atoms with Crippen LogP contribution in [0.1, 0.15) is 0 Å². The highest BCUT2D eigenvalue weighted by atomic mass is 16.5. The van der Waals surface area contributed by atoms with Crippen molar-refractivity contribution in [3.8, 4) is 5.75 Å². The number of nitrogens with one attached hydrogen (secondary N) is 2. The Morgan fingerprint density at radius 2 is 2.05 bits per heavy atom. The highest BCUT2D eigenvalue weighted by Gasteiger charge is 2.32. The number of ether oxygens (including phenoxy) is 2. The Morgan fingerprint density at radius 3 is 2.67 bits per heavy atom. The van der Waals surface area contributed by atoms with E-state index in [4.69, 9.17) is 15.2 Å². The van der Waals surface area contributed by atoms with E-state index in [-0.39, 0.29) is 24.5 Å². The third-order valence-corrected chi connectivity index (χ3v) is 3.29. The van der Waals surface area contributed by atoms with Crippen molar-refractivity contribution < 1.29 is 19.1 Å². The van der Waals surface area contributed by atoms with E-state index in [9.17, 15) is 9.59 Å². The molecule has 0 radical (unpaired) electrons. The molecule has 2 rings (SSSR count). The third-order valence-electron chi connectivity index (χ3n) is 3.29. The molecule has 0 bridgehead atoms. The maximum Gasteiger partial charge on any atom is 0.255 e. The highest BCUT2D eigenvalue weighted by molar-refractivity contribution is 5.93. The number of primary amides is 1. The summed E-state index contributed by atoms with van der Waals surface area (Å²) >= 11 is 0. The van der Waals surface area contributed by atoms with E-state index in [1.165, 1.54) is 0 Å². The van der Waals surface area contributed by atoms with E-state index in [1.54, 1.807) is 24.3 Å². The summed E-state index contributed by atoms with van der Waals surface area (Å²) in [6.45, 7) is 0.778. The molecule has 114 valence electrons. The van der Waals surface area contributed by atoms with Crippen LogP contribution in [-0.2, 0) is 14.3 Å². The number of anilines is 1. The summed E-state index contributed by atoms with van der Waals surface area (Å²) in [5.74, 6) is -0.311. The van der Waals surface area contributed by atoms with Gasteiger partial charge in [-0.3, -0.25) is 9.59 Å². The van der Waals surface area contributed by atoms with Gasteiger partial charge in [-0.25, -0.2) is 0 Å². The number of rotatable bonds is 6. The van der Waals surface area contributed by atoms with Crippen LogP contribution in [0.3, 0.4) is 0 Å². The molecule has 2 atom stereocenters. The highest BCUT2D eigenvalue weighted by Crippen LogP contribution is 2.19. The van der Waals surface area contributed by atoms with Crippen LogP contribution in [0.25, 0.3) is 0 Å². The number of carbonyl (C=O) groups is 2. The molecular formula is C14H19N3O4. The van der Waals surface area contributed by atoms with Crippen molar-refractivity contribution in [2.24, 2.45) is 11.7 Å². The Hall–Kier alpha value is -2.12. The molecule has 0 aliphatic carbocycles. The molecular weight excluding hydrogens is 274 g/mol. The minimum atomic E-state index is -0.535. The van der Waals surface area contributed by atoms with E-state index in [2.05, 4.69) is 10.6 Å². The smallest absolute Gasteiger partial charge is 0.255 e. The van der Waals surface area contributed by atoms with Crippen molar-refractivity contribution in [2.75, 3.05) is 32.2 Å². The van der Waals surface area contributed by atoms with Gasteiger partial charge >= 0.3 is 0 Å². The second-order valence-electron chi connectivity index (χ2n) is 4.81. The molecule has 1 aliphatic rings. The normalized spacial score (nSPS) is 21.0. The van der Waals surface area contributed by atoms with E-state index in [1.807, 2.05) is 7.05 Å². The molecule has 1 saturated heterocycles. The number of likely N-dealkylation sites (N-methyl/N-ethyl adjacent to an activating group) is 1. The van der Waals surface area contributed by atoms with Gasteiger partial charge in [0.25, 0.3) is 5.91 Å². The van der Waals surface area contributed by atoms with Crippen molar-refractivity contribution in [2.45, 2.75) is 6.04 Å². The van der Waals surface area contributed by atoms with E-state index >= 15 is 0 Å². The molecule has 2 unspecified atom stereocenters. The largest absolute Gasteiger partial charge is 0.484 e. The van der Waals surface area contributed by atoms with Crippen LogP contribution in [0, 0.1) is 5.92 Å². The Labute approximate surface area is 122 Å². The topological polar surface area (TPSA) is 103 Å². The number of hydrogen-bond donors (Lipinski definition) is 3. The van der Waals surface area contributed by atoms with Crippen molar-refractivity contribution in [1.29, 1.82) is 0 Å². The van der Waals surface area contributed by atoms with E-state index < -0.39 is 5.91 Å². The van der Waals surface area contributed by atoms with Gasteiger partial charge in [0, 0.05) is 11.7 Å². The van der Waals surface area contributed by atoms with Crippen LogP contribution < -0.4 is 21.1 Å². The van der Waals surface area contributed by atoms with Gasteiger partial charge in [-0.1, -0.05) is 0 Å². The average Bonchev–Trinajstić information content (AvgIpc) is 2.95. The van der Waals surface area contributed by atoms with Crippen LogP contribution in [0.4, 0.5) is 5.69 Å². The molecule has 0 saturated carbocycles. The van der Waals surface area contributed by atoms with Gasteiger partial charge in [-0.15, -0.1) is 0 Å². The lowest BCUT2D eigenvalue weighted by molar-refractivity contribution is -0.120. The molecule has 1 fully saturated rings. The second-order valence-corrected chi connectivity index (χ2v) is 4.81. The maximum absolute atomic E-state index is 12.2. The van der Waals surface area contributed by atoms with Crippen LogP contribution in [-0.4, -0.2) is 44.7 Å². The second kappa shape index (κ2) is 7.05. The Kier molecular flexibility index (Phi) is 5.13.